The van der Waals surface area contributed by atoms with Crippen molar-refractivity contribution < 1.29 is 9.53 Å². The Kier molecular flexibility index (Phi) is 5.27. The van der Waals surface area contributed by atoms with Crippen molar-refractivity contribution in [2.75, 3.05) is 31.2 Å². The largest absolute Gasteiger partial charge is 0.378 e. The summed E-state index contributed by atoms with van der Waals surface area (Å²) in [7, 11) is 0. The fourth-order valence-corrected chi connectivity index (χ4v) is 3.29. The van der Waals surface area contributed by atoms with Gasteiger partial charge < -0.3 is 15.0 Å². The highest BCUT2D eigenvalue weighted by Crippen LogP contribution is 2.21. The van der Waals surface area contributed by atoms with E-state index in [2.05, 4.69) is 15.2 Å². The number of morpholine rings is 1. The number of ether oxygens (including phenoxy) is 1. The van der Waals surface area contributed by atoms with Crippen molar-refractivity contribution in [3.63, 3.8) is 0 Å². The van der Waals surface area contributed by atoms with Crippen LogP contribution in [0.4, 0.5) is 5.82 Å². The van der Waals surface area contributed by atoms with Crippen LogP contribution in [0.1, 0.15) is 48.9 Å². The molecule has 0 spiro atoms. The van der Waals surface area contributed by atoms with Crippen molar-refractivity contribution in [3.8, 4) is 0 Å². The summed E-state index contributed by atoms with van der Waals surface area (Å²) < 4.78 is 5.39. The molecule has 1 saturated heterocycles. The number of rotatable bonds is 3. The smallest absolute Gasteiger partial charge is 0.255 e. The van der Waals surface area contributed by atoms with Crippen LogP contribution in [0, 0.1) is 0 Å². The molecule has 0 aromatic carbocycles. The van der Waals surface area contributed by atoms with Crippen molar-refractivity contribution in [2.24, 2.45) is 0 Å². The standard InChI is InChI=1S/C17H25N3O2/c21-17(19-14-6-3-1-2-4-7-14)15-8-5-9-18-16(15)20-10-12-22-13-11-20/h5,8-9,14H,1-4,6-7,10-13H2,(H,19,21). The zero-order chi connectivity index (χ0) is 15.2. The van der Waals surface area contributed by atoms with Crippen LogP contribution in [0.3, 0.4) is 0 Å². The van der Waals surface area contributed by atoms with E-state index in [0.29, 0.717) is 24.8 Å². The first-order valence-corrected chi connectivity index (χ1v) is 8.43. The lowest BCUT2D eigenvalue weighted by molar-refractivity contribution is 0.0931. The molecule has 1 aliphatic carbocycles. The summed E-state index contributed by atoms with van der Waals surface area (Å²) in [5, 5.41) is 3.22. The molecule has 1 aromatic rings. The zero-order valence-corrected chi connectivity index (χ0v) is 13.1. The number of pyridine rings is 1. The van der Waals surface area contributed by atoms with Crippen LogP contribution in [-0.4, -0.2) is 43.2 Å². The van der Waals surface area contributed by atoms with Gasteiger partial charge in [0.15, 0.2) is 0 Å². The lowest BCUT2D eigenvalue weighted by Gasteiger charge is -2.29. The molecule has 0 atom stereocenters. The fraction of sp³-hybridized carbons (Fsp3) is 0.647. The van der Waals surface area contributed by atoms with Gasteiger partial charge in [-0.2, -0.15) is 0 Å². The monoisotopic (exact) mass is 303 g/mol. The lowest BCUT2D eigenvalue weighted by Crippen LogP contribution is -2.40. The number of anilines is 1. The Balaban J connectivity index is 1.71. The molecule has 1 saturated carbocycles. The number of carbonyl (C=O) groups is 1. The lowest BCUT2D eigenvalue weighted by atomic mass is 10.1. The van der Waals surface area contributed by atoms with Crippen molar-refractivity contribution in [2.45, 2.75) is 44.6 Å². The van der Waals surface area contributed by atoms with Crippen LogP contribution in [0.2, 0.25) is 0 Å². The minimum atomic E-state index is 0.0153. The third-order valence-corrected chi connectivity index (χ3v) is 4.53. The molecule has 120 valence electrons. The molecule has 5 nitrogen and oxygen atoms in total. The summed E-state index contributed by atoms with van der Waals surface area (Å²) in [5.74, 6) is 0.804. The number of amides is 1. The van der Waals surface area contributed by atoms with Gasteiger partial charge in [-0.25, -0.2) is 4.98 Å². The van der Waals surface area contributed by atoms with Gasteiger partial charge in [-0.3, -0.25) is 4.79 Å². The summed E-state index contributed by atoms with van der Waals surface area (Å²) in [6.07, 6.45) is 8.96. The Bertz CT molecular complexity index is 492. The Morgan fingerprint density at radius 3 is 2.64 bits per heavy atom. The second-order valence-corrected chi connectivity index (χ2v) is 6.14. The molecular formula is C17H25N3O2. The molecule has 2 heterocycles. The van der Waals surface area contributed by atoms with Gasteiger partial charge in [-0.15, -0.1) is 0 Å². The van der Waals surface area contributed by atoms with E-state index < -0.39 is 0 Å². The minimum Gasteiger partial charge on any atom is -0.378 e. The number of nitrogens with zero attached hydrogens (tertiary/aromatic N) is 2. The summed E-state index contributed by atoms with van der Waals surface area (Å²) in [5.41, 5.74) is 0.689. The molecular weight excluding hydrogens is 278 g/mol. The molecule has 2 aliphatic rings. The topological polar surface area (TPSA) is 54.5 Å². The Hall–Kier alpha value is -1.62. The normalized spacial score (nSPS) is 20.5. The van der Waals surface area contributed by atoms with Crippen molar-refractivity contribution in [1.82, 2.24) is 10.3 Å². The molecule has 1 aliphatic heterocycles. The number of hydrogen-bond donors (Lipinski definition) is 1. The van der Waals surface area contributed by atoms with E-state index in [4.69, 9.17) is 4.74 Å². The Morgan fingerprint density at radius 1 is 1.18 bits per heavy atom. The molecule has 22 heavy (non-hydrogen) atoms. The summed E-state index contributed by atoms with van der Waals surface area (Å²) in [6.45, 7) is 2.97. The third kappa shape index (κ3) is 3.77. The van der Waals surface area contributed by atoms with Crippen LogP contribution in [-0.2, 0) is 4.74 Å². The van der Waals surface area contributed by atoms with Gasteiger partial charge in [0.05, 0.1) is 18.8 Å². The molecule has 0 bridgehead atoms. The molecule has 5 heteroatoms. The number of aromatic nitrogens is 1. The van der Waals surface area contributed by atoms with Crippen LogP contribution in [0.15, 0.2) is 18.3 Å². The molecule has 1 N–H and O–H groups in total. The highest BCUT2D eigenvalue weighted by molar-refractivity contribution is 5.99. The van der Waals surface area contributed by atoms with E-state index in [0.717, 1.165) is 31.7 Å². The van der Waals surface area contributed by atoms with Gasteiger partial charge >= 0.3 is 0 Å². The van der Waals surface area contributed by atoms with Crippen LogP contribution < -0.4 is 10.2 Å². The predicted octanol–water partition coefficient (Wildman–Crippen LogP) is 2.37. The first kappa shape index (κ1) is 15.3. The van der Waals surface area contributed by atoms with E-state index >= 15 is 0 Å². The molecule has 1 aromatic heterocycles. The summed E-state index contributed by atoms with van der Waals surface area (Å²) in [6, 6.07) is 4.03. The molecule has 2 fully saturated rings. The second-order valence-electron chi connectivity index (χ2n) is 6.14. The maximum atomic E-state index is 12.7. The minimum absolute atomic E-state index is 0.0153. The molecule has 3 rings (SSSR count). The fourth-order valence-electron chi connectivity index (χ4n) is 3.29. The van der Waals surface area contributed by atoms with E-state index in [1.165, 1.54) is 25.7 Å². The zero-order valence-electron chi connectivity index (χ0n) is 13.1. The van der Waals surface area contributed by atoms with Crippen molar-refractivity contribution in [1.29, 1.82) is 0 Å². The van der Waals surface area contributed by atoms with Gasteiger partial charge in [0.1, 0.15) is 5.82 Å². The van der Waals surface area contributed by atoms with Crippen LogP contribution >= 0.6 is 0 Å². The van der Waals surface area contributed by atoms with E-state index in [1.54, 1.807) is 6.20 Å². The Morgan fingerprint density at radius 2 is 1.91 bits per heavy atom. The predicted molar refractivity (Wildman–Crippen MR) is 86.2 cm³/mol. The van der Waals surface area contributed by atoms with Gasteiger partial charge in [0.25, 0.3) is 5.91 Å². The maximum absolute atomic E-state index is 12.7. The Labute approximate surface area is 132 Å². The van der Waals surface area contributed by atoms with E-state index in [1.807, 2.05) is 12.1 Å². The number of carbonyl (C=O) groups excluding carboxylic acids is 1. The van der Waals surface area contributed by atoms with Gasteiger partial charge in [0.2, 0.25) is 0 Å². The SMILES string of the molecule is O=C(NC1CCCCCC1)c1cccnc1N1CCOCC1. The second kappa shape index (κ2) is 7.58. The molecule has 0 radical (unpaired) electrons. The summed E-state index contributed by atoms with van der Waals surface area (Å²) in [4.78, 5) is 19.3. The van der Waals surface area contributed by atoms with Gasteiger partial charge in [0, 0.05) is 25.3 Å². The number of hydrogen-bond acceptors (Lipinski definition) is 4. The number of nitrogens with one attached hydrogen (secondary N) is 1. The van der Waals surface area contributed by atoms with Crippen molar-refractivity contribution in [3.05, 3.63) is 23.9 Å². The first-order valence-electron chi connectivity index (χ1n) is 8.43. The highest BCUT2D eigenvalue weighted by Gasteiger charge is 2.22. The van der Waals surface area contributed by atoms with Gasteiger partial charge in [-0.05, 0) is 25.0 Å². The van der Waals surface area contributed by atoms with E-state index in [9.17, 15) is 4.79 Å². The van der Waals surface area contributed by atoms with Crippen LogP contribution in [0.25, 0.3) is 0 Å². The van der Waals surface area contributed by atoms with Gasteiger partial charge in [-0.1, -0.05) is 25.7 Å². The average molecular weight is 303 g/mol. The quantitative estimate of drug-likeness (QED) is 0.871. The molecule has 0 unspecified atom stereocenters. The average Bonchev–Trinajstić information content (AvgIpc) is 2.84. The maximum Gasteiger partial charge on any atom is 0.255 e. The summed E-state index contributed by atoms with van der Waals surface area (Å²) >= 11 is 0. The van der Waals surface area contributed by atoms with Crippen molar-refractivity contribution >= 4 is 11.7 Å². The molecule has 1 amide bonds. The first-order chi connectivity index (χ1) is 10.8. The van der Waals surface area contributed by atoms with Crippen LogP contribution in [0.5, 0.6) is 0 Å². The van der Waals surface area contributed by atoms with E-state index in [-0.39, 0.29) is 5.91 Å². The highest BCUT2D eigenvalue weighted by atomic mass is 16.5. The third-order valence-electron chi connectivity index (χ3n) is 4.53.